The molecule has 8 heteroatoms. The number of carbonyl (C=O) groups excluding carboxylic acids is 1. The average Bonchev–Trinajstić information content (AvgIpc) is 2.81. The first-order chi connectivity index (χ1) is 15.6. The first kappa shape index (κ1) is 19.9. The topological polar surface area (TPSA) is 87.9 Å². The predicted octanol–water partition coefficient (Wildman–Crippen LogP) is 2.78. The Labute approximate surface area is 184 Å². The Morgan fingerprint density at radius 3 is 2.75 bits per heavy atom. The van der Waals surface area contributed by atoms with Gasteiger partial charge in [0.15, 0.2) is 11.4 Å². The van der Waals surface area contributed by atoms with Crippen LogP contribution in [0, 0.1) is 0 Å². The number of carbonyl (C=O) groups is 1. The number of aromatic hydroxyl groups is 1. The maximum absolute atomic E-state index is 13.2. The Hall–Kier alpha value is -4.07. The highest BCUT2D eigenvalue weighted by molar-refractivity contribution is 5.96. The van der Waals surface area contributed by atoms with Crippen molar-refractivity contribution in [2.75, 3.05) is 18.2 Å². The number of amides is 1. The molecule has 5 rings (SSSR count). The molecule has 1 amide bonds. The van der Waals surface area contributed by atoms with Gasteiger partial charge in [0.2, 0.25) is 5.43 Å². The van der Waals surface area contributed by atoms with Gasteiger partial charge in [-0.3, -0.25) is 24.3 Å². The normalized spacial score (nSPS) is 19.1. The molecule has 0 saturated heterocycles. The second-order valence-corrected chi connectivity index (χ2v) is 7.70. The number of hydrogen-bond donors (Lipinski definition) is 1. The van der Waals surface area contributed by atoms with Gasteiger partial charge in [-0.1, -0.05) is 24.3 Å². The van der Waals surface area contributed by atoms with Gasteiger partial charge in [-0.2, -0.15) is 0 Å². The Balaban J connectivity index is 1.78. The van der Waals surface area contributed by atoms with Crippen LogP contribution in [-0.2, 0) is 0 Å². The lowest BCUT2D eigenvalue weighted by molar-refractivity contribution is 0.0677. The number of hydrogen-bond acceptors (Lipinski definition) is 6. The summed E-state index contributed by atoms with van der Waals surface area (Å²) < 4.78 is 7.54. The molecule has 2 aliphatic rings. The van der Waals surface area contributed by atoms with E-state index in [4.69, 9.17) is 4.74 Å². The molecule has 32 heavy (non-hydrogen) atoms. The first-order valence-electron chi connectivity index (χ1n) is 10.5. The third-order valence-electron chi connectivity index (χ3n) is 5.71. The summed E-state index contributed by atoms with van der Waals surface area (Å²) >= 11 is 0. The molecule has 0 radical (unpaired) electrons. The van der Waals surface area contributed by atoms with Gasteiger partial charge in [-0.05, 0) is 37.1 Å². The molecule has 1 unspecified atom stereocenters. The SMILES string of the molecule is O=C1c2c(O)c(=O)ccn2N2CN1CCC/C=C\Oc1ccccc1C2c1ccccn1. The zero-order valence-corrected chi connectivity index (χ0v) is 17.3. The number of ether oxygens (including phenoxy) is 1. The fourth-order valence-corrected chi connectivity index (χ4v) is 4.18. The van der Waals surface area contributed by atoms with E-state index in [1.807, 2.05) is 53.5 Å². The number of allylic oxidation sites excluding steroid dienone is 1. The number of para-hydroxylation sites is 1. The zero-order valence-electron chi connectivity index (χ0n) is 17.3. The highest BCUT2D eigenvalue weighted by atomic mass is 16.5. The third kappa shape index (κ3) is 3.39. The van der Waals surface area contributed by atoms with Crippen LogP contribution in [0.25, 0.3) is 0 Å². The Morgan fingerprint density at radius 1 is 1.06 bits per heavy atom. The van der Waals surface area contributed by atoms with Gasteiger partial charge in [0.25, 0.3) is 5.91 Å². The van der Waals surface area contributed by atoms with E-state index < -0.39 is 17.2 Å². The molecule has 0 saturated carbocycles. The molecule has 0 spiro atoms. The minimum Gasteiger partial charge on any atom is -0.502 e. The Bertz CT molecular complexity index is 1240. The smallest absolute Gasteiger partial charge is 0.277 e. The molecule has 8 nitrogen and oxygen atoms in total. The monoisotopic (exact) mass is 430 g/mol. The van der Waals surface area contributed by atoms with E-state index in [0.717, 1.165) is 17.7 Å². The summed E-state index contributed by atoms with van der Waals surface area (Å²) in [6.45, 7) is 0.728. The molecule has 1 N–H and O–H groups in total. The van der Waals surface area contributed by atoms with Crippen LogP contribution in [0.2, 0.25) is 0 Å². The zero-order chi connectivity index (χ0) is 22.1. The van der Waals surface area contributed by atoms with Crippen LogP contribution in [0.1, 0.15) is 40.6 Å². The lowest BCUT2D eigenvalue weighted by Crippen LogP contribution is -2.55. The molecule has 1 aromatic carbocycles. The molecule has 1 atom stereocenters. The largest absolute Gasteiger partial charge is 0.502 e. The van der Waals surface area contributed by atoms with E-state index in [1.165, 1.54) is 12.3 Å². The van der Waals surface area contributed by atoms with Crippen molar-refractivity contribution in [2.24, 2.45) is 0 Å². The van der Waals surface area contributed by atoms with Crippen molar-refractivity contribution >= 4 is 5.91 Å². The van der Waals surface area contributed by atoms with Gasteiger partial charge >= 0.3 is 0 Å². The molecule has 0 aliphatic carbocycles. The standard InChI is InChI=1S/C24H22N4O4/c29-19-11-14-27-22(23(19)30)24(31)26-13-6-1-7-15-32-20-10-3-2-8-17(20)21(28(27)16-26)18-9-4-5-12-25-18/h2-5,7-12,14-15,21,30H,1,6,13,16H2/b15-7-. The van der Waals surface area contributed by atoms with Gasteiger partial charge in [0, 0.05) is 30.6 Å². The second-order valence-electron chi connectivity index (χ2n) is 7.70. The van der Waals surface area contributed by atoms with Gasteiger partial charge in [-0.15, -0.1) is 0 Å². The Morgan fingerprint density at radius 2 is 1.91 bits per heavy atom. The van der Waals surface area contributed by atoms with Crippen molar-refractivity contribution in [3.63, 3.8) is 0 Å². The summed E-state index contributed by atoms with van der Waals surface area (Å²) in [4.78, 5) is 31.7. The quantitative estimate of drug-likeness (QED) is 0.639. The van der Waals surface area contributed by atoms with Crippen molar-refractivity contribution in [3.05, 3.63) is 100 Å². The summed E-state index contributed by atoms with van der Waals surface area (Å²) in [5, 5.41) is 12.5. The van der Waals surface area contributed by atoms with Crippen LogP contribution < -0.4 is 15.2 Å². The summed E-state index contributed by atoms with van der Waals surface area (Å²) in [6, 6.07) is 14.1. The molecule has 2 aromatic heterocycles. The van der Waals surface area contributed by atoms with Crippen LogP contribution in [0.4, 0.5) is 0 Å². The summed E-state index contributed by atoms with van der Waals surface area (Å²) in [5.74, 6) is -0.263. The number of aromatic nitrogens is 2. The number of nitrogens with zero attached hydrogens (tertiary/aromatic N) is 4. The van der Waals surface area contributed by atoms with Crippen LogP contribution in [0.15, 0.2) is 78.1 Å². The fourth-order valence-electron chi connectivity index (χ4n) is 4.18. The number of benzene rings is 1. The maximum atomic E-state index is 13.2. The van der Waals surface area contributed by atoms with Gasteiger partial charge in [-0.25, -0.2) is 0 Å². The maximum Gasteiger partial charge on any atom is 0.277 e. The van der Waals surface area contributed by atoms with Crippen molar-refractivity contribution < 1.29 is 14.6 Å². The summed E-state index contributed by atoms with van der Waals surface area (Å²) in [5.41, 5.74) is 0.946. The van der Waals surface area contributed by atoms with Crippen molar-refractivity contribution in [3.8, 4) is 11.5 Å². The van der Waals surface area contributed by atoms with Crippen LogP contribution in [0.5, 0.6) is 11.5 Å². The highest BCUT2D eigenvalue weighted by Gasteiger charge is 2.37. The highest BCUT2D eigenvalue weighted by Crippen LogP contribution is 2.36. The molecule has 162 valence electrons. The van der Waals surface area contributed by atoms with E-state index in [2.05, 4.69) is 4.98 Å². The van der Waals surface area contributed by atoms with Crippen molar-refractivity contribution in [1.29, 1.82) is 0 Å². The van der Waals surface area contributed by atoms with Crippen LogP contribution in [0.3, 0.4) is 0 Å². The van der Waals surface area contributed by atoms with Crippen molar-refractivity contribution in [2.45, 2.75) is 18.9 Å². The molecule has 4 heterocycles. The number of rotatable bonds is 1. The number of fused-ring (bicyclic) bond motifs is 5. The lowest BCUT2D eigenvalue weighted by Gasteiger charge is -2.43. The van der Waals surface area contributed by atoms with E-state index in [9.17, 15) is 14.7 Å². The fraction of sp³-hybridized carbons (Fsp3) is 0.208. The first-order valence-corrected chi connectivity index (χ1v) is 10.5. The van der Waals surface area contributed by atoms with E-state index in [1.54, 1.807) is 22.0 Å². The van der Waals surface area contributed by atoms with Gasteiger partial charge in [0.05, 0.1) is 12.0 Å². The molecular weight excluding hydrogens is 408 g/mol. The summed E-state index contributed by atoms with van der Waals surface area (Å²) in [6.07, 6.45) is 8.28. The second kappa shape index (κ2) is 8.22. The minimum absolute atomic E-state index is 0.0457. The van der Waals surface area contributed by atoms with Crippen LogP contribution in [-0.4, -0.2) is 38.8 Å². The van der Waals surface area contributed by atoms with Crippen LogP contribution >= 0.6 is 0 Å². The molecule has 0 fully saturated rings. The van der Waals surface area contributed by atoms with E-state index in [0.29, 0.717) is 18.7 Å². The Kier molecular flexibility index (Phi) is 5.10. The summed E-state index contributed by atoms with van der Waals surface area (Å²) in [7, 11) is 0. The van der Waals surface area contributed by atoms with E-state index in [-0.39, 0.29) is 18.3 Å². The molecule has 2 aliphatic heterocycles. The minimum atomic E-state index is -0.589. The van der Waals surface area contributed by atoms with Gasteiger partial charge in [0.1, 0.15) is 18.5 Å². The van der Waals surface area contributed by atoms with Gasteiger partial charge < -0.3 is 14.7 Å². The van der Waals surface area contributed by atoms with Crippen molar-refractivity contribution in [1.82, 2.24) is 14.6 Å². The molecular formula is C24H22N4O4. The van der Waals surface area contributed by atoms with E-state index >= 15 is 0 Å². The average molecular weight is 430 g/mol. The molecule has 2 bridgehead atoms. The predicted molar refractivity (Wildman–Crippen MR) is 118 cm³/mol. The lowest BCUT2D eigenvalue weighted by atomic mass is 10.0. The molecule has 3 aromatic rings. The number of pyridine rings is 2. The third-order valence-corrected chi connectivity index (χ3v) is 5.71.